The van der Waals surface area contributed by atoms with Gasteiger partial charge in [0.05, 0.1) is 14.1 Å². The molecule has 6 nitrogen and oxygen atoms in total. The maximum Gasteiger partial charge on any atom is 0.306 e. The third kappa shape index (κ3) is 10.9. The number of aryl methyl sites for hydroxylation is 1. The van der Waals surface area contributed by atoms with Crippen molar-refractivity contribution in [2.45, 2.75) is 72.1 Å². The summed E-state index contributed by atoms with van der Waals surface area (Å²) in [5.74, 6) is -0.871. The molecule has 29 heavy (non-hydrogen) atoms. The van der Waals surface area contributed by atoms with Crippen molar-refractivity contribution in [3.05, 3.63) is 28.8 Å². The van der Waals surface area contributed by atoms with Gasteiger partial charge in [-0.05, 0) is 40.9 Å². The molecule has 0 saturated carbocycles. The van der Waals surface area contributed by atoms with Gasteiger partial charge in [0, 0.05) is 12.4 Å². The third-order valence-electron chi connectivity index (χ3n) is 4.27. The minimum atomic E-state index is -1.08. The van der Waals surface area contributed by atoms with Crippen molar-refractivity contribution in [2.75, 3.05) is 27.2 Å². The van der Waals surface area contributed by atoms with Crippen LogP contribution in [-0.4, -0.2) is 44.3 Å². The van der Waals surface area contributed by atoms with Crippen molar-refractivity contribution in [1.82, 2.24) is 0 Å². The maximum atomic E-state index is 11.9. The van der Waals surface area contributed by atoms with E-state index in [4.69, 9.17) is 14.6 Å². The molecule has 0 amide bonds. The fourth-order valence-electron chi connectivity index (χ4n) is 2.67. The Morgan fingerprint density at radius 2 is 1.45 bits per heavy atom. The number of quaternary nitrogens is 1. The Balaban J connectivity index is 0.00000178. The van der Waals surface area contributed by atoms with Crippen LogP contribution in [0.25, 0.3) is 0 Å². The number of hydrogen-bond acceptors (Lipinski definition) is 5. The molecule has 0 aromatic heterocycles. The number of esters is 1. The van der Waals surface area contributed by atoms with Crippen LogP contribution in [0.1, 0.15) is 71.6 Å². The molecular formula is C23H39NO5. The molecule has 0 radical (unpaired) electrons. The largest absolute Gasteiger partial charge is 0.550 e. The predicted molar refractivity (Wildman–Crippen MR) is 113 cm³/mol. The Bertz CT molecular complexity index is 642. The van der Waals surface area contributed by atoms with Gasteiger partial charge in [-0.2, -0.15) is 0 Å². The summed E-state index contributed by atoms with van der Waals surface area (Å²) in [4.78, 5) is 22.1. The molecule has 6 heteroatoms. The molecule has 2 N–H and O–H groups in total. The van der Waals surface area contributed by atoms with Crippen LogP contribution in [0.3, 0.4) is 0 Å². The van der Waals surface area contributed by atoms with Crippen molar-refractivity contribution < 1.29 is 29.4 Å². The van der Waals surface area contributed by atoms with E-state index in [1.807, 2.05) is 26.2 Å². The maximum absolute atomic E-state index is 11.9. The zero-order valence-corrected chi connectivity index (χ0v) is 19.6. The number of carbonyl (C=O) groups is 2. The van der Waals surface area contributed by atoms with Gasteiger partial charge in [-0.3, -0.25) is 4.79 Å². The van der Waals surface area contributed by atoms with Crippen LogP contribution in [-0.2, 0) is 31.6 Å². The predicted octanol–water partition coefficient (Wildman–Crippen LogP) is 1.36. The van der Waals surface area contributed by atoms with Crippen molar-refractivity contribution in [1.29, 1.82) is 0 Å². The summed E-state index contributed by atoms with van der Waals surface area (Å²) in [5.41, 5.74) is 2.62. The van der Waals surface area contributed by atoms with Gasteiger partial charge in [-0.25, -0.2) is 0 Å². The summed E-state index contributed by atoms with van der Waals surface area (Å²) in [7, 11) is 4.07. The van der Waals surface area contributed by atoms with Crippen molar-refractivity contribution in [3.8, 4) is 5.75 Å². The molecule has 1 aromatic carbocycles. The molecule has 0 atom stereocenters. The summed E-state index contributed by atoms with van der Waals surface area (Å²) >= 11 is 0. The number of likely N-dealkylation sites (N-methyl/N-ethyl adjacent to an activating group) is 1. The molecule has 0 spiro atoms. The lowest BCUT2D eigenvalue weighted by Gasteiger charge is -2.28. The van der Waals surface area contributed by atoms with Gasteiger partial charge in [-0.15, -0.1) is 0 Å². The van der Waals surface area contributed by atoms with E-state index in [1.54, 1.807) is 0 Å². The van der Waals surface area contributed by atoms with Crippen LogP contribution >= 0.6 is 0 Å². The minimum absolute atomic E-state index is 0.158. The molecule has 0 aliphatic heterocycles. The monoisotopic (exact) mass is 409 g/mol. The van der Waals surface area contributed by atoms with Crippen molar-refractivity contribution in [3.63, 3.8) is 0 Å². The van der Waals surface area contributed by atoms with E-state index in [0.29, 0.717) is 25.2 Å². The van der Waals surface area contributed by atoms with Crippen LogP contribution < -0.4 is 10.0 Å². The van der Waals surface area contributed by atoms with Crippen molar-refractivity contribution in [2.24, 2.45) is 0 Å². The number of benzene rings is 1. The quantitative estimate of drug-likeness (QED) is 0.693. The van der Waals surface area contributed by atoms with Gasteiger partial charge in [0.25, 0.3) is 0 Å². The number of aromatic hydroxyl groups is 1. The van der Waals surface area contributed by atoms with E-state index in [-0.39, 0.29) is 16.8 Å². The molecule has 1 aromatic rings. The molecule has 1 rings (SSSR count). The summed E-state index contributed by atoms with van der Waals surface area (Å²) in [6.07, 6.45) is 0.987. The van der Waals surface area contributed by atoms with Crippen LogP contribution in [0, 0.1) is 0 Å². The first-order valence-corrected chi connectivity index (χ1v) is 10.0. The van der Waals surface area contributed by atoms with Crippen molar-refractivity contribution >= 4 is 11.9 Å². The highest BCUT2D eigenvalue weighted by molar-refractivity contribution is 5.69. The second-order valence-corrected chi connectivity index (χ2v) is 9.71. The Morgan fingerprint density at radius 1 is 1.03 bits per heavy atom. The lowest BCUT2D eigenvalue weighted by molar-refractivity contribution is -0.858. The van der Waals surface area contributed by atoms with Crippen LogP contribution in [0.5, 0.6) is 5.75 Å². The topological polar surface area (TPSA) is 91.1 Å². The number of rotatable bonds is 6. The normalized spacial score (nSPS) is 11.7. The van der Waals surface area contributed by atoms with Gasteiger partial charge in [0.2, 0.25) is 0 Å². The number of aliphatic carboxylic acids is 1. The number of hydrogen-bond donors (Lipinski definition) is 2. The first-order valence-electron chi connectivity index (χ1n) is 10.0. The standard InChI is InChI=1S/C21H35NO3.C2H4O2/c1-20(2,3)16-13-15(14-17(19(16)24)21(4,5)6)9-10-18(23)25-12-11-22(7)8;1-2(3)4/h13-14,24H,9-12H2,1-8H3;1H3,(H,3,4). The second kappa shape index (κ2) is 11.2. The van der Waals surface area contributed by atoms with E-state index in [0.717, 1.165) is 30.2 Å². The first kappa shape index (κ1) is 26.9. The fraction of sp³-hybridized carbons (Fsp3) is 0.652. The number of carbonyl (C=O) groups excluding carboxylic acids is 2. The van der Waals surface area contributed by atoms with Gasteiger partial charge in [0.15, 0.2) is 0 Å². The molecule has 0 fully saturated rings. The lowest BCUT2D eigenvalue weighted by Crippen LogP contribution is -3.06. The van der Waals surface area contributed by atoms with E-state index < -0.39 is 5.97 Å². The van der Waals surface area contributed by atoms with E-state index in [9.17, 15) is 9.90 Å². The smallest absolute Gasteiger partial charge is 0.306 e. The zero-order chi connectivity index (χ0) is 23.0. The second-order valence-electron chi connectivity index (χ2n) is 9.71. The van der Waals surface area contributed by atoms with Crippen LogP contribution in [0.15, 0.2) is 12.1 Å². The SMILES string of the molecule is CC(=O)[O-].C[NH+](C)CCOC(=O)CCc1cc(C(C)(C)C)c(O)c(C(C)(C)C)c1. The van der Waals surface area contributed by atoms with Gasteiger partial charge < -0.3 is 24.6 Å². The van der Waals surface area contributed by atoms with Crippen LogP contribution in [0.2, 0.25) is 0 Å². The van der Waals surface area contributed by atoms with E-state index >= 15 is 0 Å². The van der Waals surface area contributed by atoms with Gasteiger partial charge in [-0.1, -0.05) is 53.7 Å². The number of nitrogens with one attached hydrogen (secondary N) is 1. The van der Waals surface area contributed by atoms with E-state index in [1.165, 1.54) is 4.90 Å². The third-order valence-corrected chi connectivity index (χ3v) is 4.27. The summed E-state index contributed by atoms with van der Waals surface area (Å²) in [5, 5.41) is 19.6. The number of carboxylic acids is 1. The molecule has 0 aliphatic carbocycles. The molecule has 0 bridgehead atoms. The summed E-state index contributed by atoms with van der Waals surface area (Å²) in [6.45, 7) is 14.8. The highest BCUT2D eigenvalue weighted by atomic mass is 16.5. The molecular weight excluding hydrogens is 370 g/mol. The number of phenolic OH excluding ortho intramolecular Hbond substituents is 1. The van der Waals surface area contributed by atoms with Crippen LogP contribution in [0.4, 0.5) is 0 Å². The molecule has 166 valence electrons. The summed E-state index contributed by atoms with van der Waals surface area (Å²) in [6, 6.07) is 4.06. The Labute approximate surface area is 175 Å². The highest BCUT2D eigenvalue weighted by Crippen LogP contribution is 2.39. The minimum Gasteiger partial charge on any atom is -0.550 e. The molecule has 0 saturated heterocycles. The highest BCUT2D eigenvalue weighted by Gasteiger charge is 2.26. The van der Waals surface area contributed by atoms with Gasteiger partial charge >= 0.3 is 5.97 Å². The molecule has 0 unspecified atom stereocenters. The lowest BCUT2D eigenvalue weighted by atomic mass is 9.78. The zero-order valence-electron chi connectivity index (χ0n) is 19.6. The molecule has 0 heterocycles. The Morgan fingerprint density at radius 3 is 1.79 bits per heavy atom. The Hall–Kier alpha value is -2.08. The molecule has 0 aliphatic rings. The fourth-order valence-corrected chi connectivity index (χ4v) is 2.67. The number of carboxylic acid groups (broad SMARTS) is 1. The number of phenols is 1. The average Bonchev–Trinajstić information content (AvgIpc) is 2.50. The van der Waals surface area contributed by atoms with Gasteiger partial charge in [0.1, 0.15) is 18.9 Å². The summed E-state index contributed by atoms with van der Waals surface area (Å²) < 4.78 is 5.28. The average molecular weight is 410 g/mol. The first-order chi connectivity index (χ1) is 13.1. The van der Waals surface area contributed by atoms with E-state index in [2.05, 4.69) is 41.5 Å². The number of ether oxygens (including phenoxy) is 1. The Kier molecular flexibility index (Phi) is 10.4.